The maximum absolute atomic E-state index is 17.0. The fourth-order valence-corrected chi connectivity index (χ4v) is 20.7. The Morgan fingerprint density at radius 2 is 0.802 bits per heavy atom. The van der Waals surface area contributed by atoms with Crippen LogP contribution in [0.25, 0.3) is 75.2 Å². The molecule has 11 heterocycles. The summed E-state index contributed by atoms with van der Waals surface area (Å²) in [6.45, 7) is 0.470. The highest BCUT2D eigenvalue weighted by Crippen LogP contribution is 2.59. The largest absolute Gasteiger partial charge is 0.458 e. The average molecular weight is 1350 g/mol. The van der Waals surface area contributed by atoms with Crippen LogP contribution in [0.4, 0.5) is 28.9 Å². The highest BCUT2D eigenvalue weighted by molar-refractivity contribution is 7.33. The first-order valence-electron chi connectivity index (χ1n) is 33.6. The number of hydrogen-bond donors (Lipinski definition) is 0. The number of halogens is 4. The second-order valence-electron chi connectivity index (χ2n) is 27.4. The van der Waals surface area contributed by atoms with Gasteiger partial charge < -0.3 is 42.5 Å². The van der Waals surface area contributed by atoms with Crippen molar-refractivity contribution >= 4 is 166 Å². The molecule has 1 aliphatic carbocycles. The van der Waals surface area contributed by atoms with Gasteiger partial charge in [-0.3, -0.25) is 0 Å². The van der Waals surface area contributed by atoms with Gasteiger partial charge in [0.25, 0.3) is 20.1 Å². The summed E-state index contributed by atoms with van der Waals surface area (Å²) < 4.78 is 119. The number of hydrogen-bond acceptors (Lipinski definition) is 9. The van der Waals surface area contributed by atoms with E-state index in [4.69, 9.17) is 28.4 Å². The van der Waals surface area contributed by atoms with Crippen LogP contribution in [0.15, 0.2) is 236 Å². The fraction of sp³-hybridized carbons (Fsp3) is 0.0361. The maximum atomic E-state index is 17.0. The van der Waals surface area contributed by atoms with E-state index in [2.05, 4.69) is 102 Å². The van der Waals surface area contributed by atoms with Gasteiger partial charge in [0.2, 0.25) is 0 Å². The number of ether oxygens (including phenoxy) is 6. The molecule has 16 aromatic rings. The summed E-state index contributed by atoms with van der Waals surface area (Å²) in [6, 6.07) is 68.4. The summed E-state index contributed by atoms with van der Waals surface area (Å²) in [7, 11) is 0. The van der Waals surface area contributed by atoms with Gasteiger partial charge in [-0.25, -0.2) is 17.6 Å². The molecule has 0 bridgehead atoms. The van der Waals surface area contributed by atoms with E-state index in [-0.39, 0.29) is 11.0 Å². The number of thiophene rings is 2. The molecule has 0 saturated heterocycles. The number of anilines is 2. The Bertz CT molecular complexity index is 6600. The van der Waals surface area contributed by atoms with Crippen molar-refractivity contribution in [1.82, 2.24) is 9.13 Å². The molecule has 474 valence electrons. The number of allylic oxidation sites excluding steroid dienone is 2. The van der Waals surface area contributed by atoms with Crippen molar-refractivity contribution in [2.24, 2.45) is 0 Å². The van der Waals surface area contributed by atoms with Crippen LogP contribution in [0, 0.1) is 17.5 Å². The van der Waals surface area contributed by atoms with Crippen LogP contribution >= 0.6 is 22.7 Å². The quantitative estimate of drug-likeness (QED) is 0.129. The monoisotopic (exact) mass is 1350 g/mol. The van der Waals surface area contributed by atoms with Crippen LogP contribution in [0.5, 0.6) is 69.0 Å². The summed E-state index contributed by atoms with van der Waals surface area (Å²) in [5.74, 6) is 4.50. The topological polar surface area (TPSA) is 68.5 Å². The van der Waals surface area contributed by atoms with Crippen molar-refractivity contribution < 1.29 is 46.0 Å². The first-order chi connectivity index (χ1) is 49.6. The number of aromatic nitrogens is 2. The molecule has 24 rings (SSSR count). The van der Waals surface area contributed by atoms with Crippen molar-refractivity contribution in [3.63, 3.8) is 0 Å². The van der Waals surface area contributed by atoms with E-state index in [0.29, 0.717) is 102 Å². The minimum Gasteiger partial charge on any atom is -0.458 e. The zero-order chi connectivity index (χ0) is 66.3. The third kappa shape index (κ3) is 6.98. The Hall–Kier alpha value is -11.8. The molecule has 9 nitrogen and oxygen atoms in total. The number of rotatable bonds is 3. The van der Waals surface area contributed by atoms with E-state index in [1.807, 2.05) is 91.9 Å². The van der Waals surface area contributed by atoms with Crippen molar-refractivity contribution in [3.8, 4) is 80.4 Å². The molecule has 0 spiro atoms. The highest BCUT2D eigenvalue weighted by atomic mass is 32.1. The average Bonchev–Trinajstić information content (AvgIpc) is 1.68. The normalized spacial score (nSPS) is 16.9. The predicted molar refractivity (Wildman–Crippen MR) is 397 cm³/mol. The van der Waals surface area contributed by atoms with Gasteiger partial charge in [0, 0.05) is 128 Å². The second-order valence-corrected chi connectivity index (χ2v) is 29.6. The predicted octanol–water partition coefficient (Wildman–Crippen LogP) is 16.3. The standard InChI is InChI=1S/C83H42B3F4N3O6S2/c1-83-50(21-13-29-72(83)90)47-20-12-24-57(89)78(47)93(83)42-34-67-75-69(35-42)99-80-49-17-5-9-28-71(49)101-82(80)86(75)54-37-52-61(39-63(54)97-67)95-65-31-40(91-58-25-6-2-14-43(58)44-15-3-7-26-59(44)91)30-64-73(65)84(52)51-36-53-62(38-60(51)94-64)96-66-32-41(92-76-45(18-10-22-55(76)87)46-19-11-23-56(88)77(46)92)33-68-74(66)85(53)81-79(98-68)48-16-4-8-27-70(48)100-81/h2-39,50H,1H3. The Balaban J connectivity index is 0.736. The fourth-order valence-electron chi connectivity index (χ4n) is 18.2. The van der Waals surface area contributed by atoms with Gasteiger partial charge in [-0.15, -0.1) is 22.7 Å². The molecule has 8 aliphatic rings. The van der Waals surface area contributed by atoms with E-state index < -0.39 is 54.9 Å². The Kier molecular flexibility index (Phi) is 10.4. The van der Waals surface area contributed by atoms with E-state index in [1.54, 1.807) is 56.4 Å². The maximum Gasteiger partial charge on any atom is 0.273 e. The van der Waals surface area contributed by atoms with Gasteiger partial charge in [0.15, 0.2) is 0 Å². The van der Waals surface area contributed by atoms with E-state index >= 15 is 17.6 Å². The van der Waals surface area contributed by atoms with Gasteiger partial charge in [0.05, 0.1) is 39.1 Å². The third-order valence-corrected chi connectivity index (χ3v) is 24.8. The van der Waals surface area contributed by atoms with Crippen LogP contribution in [-0.2, 0) is 0 Å². The molecule has 0 saturated carbocycles. The van der Waals surface area contributed by atoms with Crippen molar-refractivity contribution in [1.29, 1.82) is 0 Å². The molecule has 0 amide bonds. The SMILES string of the molecule is CC12C(F)=CC=CC1c1cccc(F)c1N2c1cc2c3c(c1)Oc1c(sc4ccccc14)B3c1cc3c(cc1O2)Oc1cc(-n2c4ccccc4c4ccccc42)cc2c1B3c1cc3c(cc1O2)Oc1cc(-n2c4c(F)cccc4c4cccc(F)c42)cc2c1B3c1sc3ccccc3c1O2. The molecular formula is C83H42B3F4N3O6S2. The van der Waals surface area contributed by atoms with Gasteiger partial charge >= 0.3 is 0 Å². The lowest BCUT2D eigenvalue weighted by atomic mass is 9.31. The Morgan fingerprint density at radius 1 is 0.386 bits per heavy atom. The van der Waals surface area contributed by atoms with Crippen molar-refractivity contribution in [2.45, 2.75) is 18.4 Å². The lowest BCUT2D eigenvalue weighted by Crippen LogP contribution is -2.62. The number of para-hydroxylation sites is 5. The van der Waals surface area contributed by atoms with Crippen LogP contribution in [0.3, 0.4) is 0 Å². The van der Waals surface area contributed by atoms with Gasteiger partial charge in [-0.2, -0.15) is 0 Å². The third-order valence-electron chi connectivity index (χ3n) is 22.4. The Morgan fingerprint density at radius 3 is 1.33 bits per heavy atom. The lowest BCUT2D eigenvalue weighted by Gasteiger charge is -2.41. The number of benzene rings is 12. The molecule has 2 atom stereocenters. The zero-order valence-electron chi connectivity index (χ0n) is 52.9. The molecule has 0 fully saturated rings. The molecular weight excluding hydrogens is 1310 g/mol. The lowest BCUT2D eigenvalue weighted by molar-refractivity contribution is 0.400. The zero-order valence-corrected chi connectivity index (χ0v) is 54.5. The van der Waals surface area contributed by atoms with Crippen LogP contribution in [-0.4, -0.2) is 34.8 Å². The smallest absolute Gasteiger partial charge is 0.273 e. The van der Waals surface area contributed by atoms with Crippen LogP contribution in [0.1, 0.15) is 18.4 Å². The molecule has 7 aliphatic heterocycles. The molecule has 4 aromatic heterocycles. The molecule has 101 heavy (non-hydrogen) atoms. The summed E-state index contributed by atoms with van der Waals surface area (Å²) >= 11 is 3.35. The number of nitrogens with zero attached hydrogens (tertiary/aromatic N) is 3. The van der Waals surface area contributed by atoms with Crippen LogP contribution in [0.2, 0.25) is 0 Å². The first kappa shape index (κ1) is 55.1. The minimum absolute atomic E-state index is 0.234. The number of fused-ring (bicyclic) bond motifs is 25. The van der Waals surface area contributed by atoms with E-state index in [1.165, 1.54) is 24.3 Å². The van der Waals surface area contributed by atoms with E-state index in [0.717, 1.165) is 95.5 Å². The van der Waals surface area contributed by atoms with Gasteiger partial charge in [-0.1, -0.05) is 121 Å². The first-order valence-corrected chi connectivity index (χ1v) is 35.2. The van der Waals surface area contributed by atoms with Gasteiger partial charge in [-0.05, 0) is 95.0 Å². The molecule has 0 radical (unpaired) electrons. The molecule has 2 unspecified atom stereocenters. The highest BCUT2D eigenvalue weighted by Gasteiger charge is 2.55. The summed E-state index contributed by atoms with van der Waals surface area (Å²) in [4.78, 5) is 1.79. The van der Waals surface area contributed by atoms with Gasteiger partial charge in [0.1, 0.15) is 97.8 Å². The van der Waals surface area contributed by atoms with Crippen LogP contribution < -0.4 is 81.1 Å². The second kappa shape index (κ2) is 19.1. The van der Waals surface area contributed by atoms with E-state index in [9.17, 15) is 0 Å². The van der Waals surface area contributed by atoms with Crippen molar-refractivity contribution in [2.75, 3.05) is 4.90 Å². The summed E-state index contributed by atoms with van der Waals surface area (Å²) in [5.41, 5.74) is 9.89. The minimum atomic E-state index is -1.32. The molecule has 0 N–H and O–H groups in total. The summed E-state index contributed by atoms with van der Waals surface area (Å²) in [6.07, 6.45) is 5.12. The molecule has 18 heteroatoms. The summed E-state index contributed by atoms with van der Waals surface area (Å²) in [5, 5.41) is 5.23. The van der Waals surface area contributed by atoms with Crippen molar-refractivity contribution in [3.05, 3.63) is 259 Å². The Labute approximate surface area is 580 Å². The molecule has 12 aromatic carbocycles.